The van der Waals surface area contributed by atoms with Crippen molar-refractivity contribution in [3.63, 3.8) is 0 Å². The molecule has 2 rings (SSSR count). The lowest BCUT2D eigenvalue weighted by molar-refractivity contribution is -0.152. The first kappa shape index (κ1) is 19.4. The maximum atomic E-state index is 12.9. The van der Waals surface area contributed by atoms with Crippen LogP contribution in [0.4, 0.5) is 0 Å². The molecule has 1 saturated carbocycles. The van der Waals surface area contributed by atoms with Crippen LogP contribution in [0, 0.1) is 11.8 Å². The van der Waals surface area contributed by atoms with Crippen LogP contribution in [0.25, 0.3) is 0 Å². The SMILES string of the molecule is CC(OC(=O)C1CCCCC1C(=O)c1ccc(Br)cc1)[Si](C)(C)C. The third kappa shape index (κ3) is 4.79. The molecule has 3 unspecified atom stereocenters. The Morgan fingerprint density at radius 1 is 1.08 bits per heavy atom. The Morgan fingerprint density at radius 2 is 1.62 bits per heavy atom. The molecule has 0 aromatic heterocycles. The van der Waals surface area contributed by atoms with Gasteiger partial charge in [0.25, 0.3) is 0 Å². The molecule has 1 fully saturated rings. The first-order valence-electron chi connectivity index (χ1n) is 8.70. The fourth-order valence-corrected chi connectivity index (χ4v) is 3.73. The zero-order chi connectivity index (χ0) is 17.9. The van der Waals surface area contributed by atoms with Crippen molar-refractivity contribution in [1.29, 1.82) is 0 Å². The number of hydrogen-bond acceptors (Lipinski definition) is 3. The maximum Gasteiger partial charge on any atom is 0.309 e. The zero-order valence-corrected chi connectivity index (χ0v) is 17.6. The Kier molecular flexibility index (Phi) is 6.43. The number of halogens is 1. The van der Waals surface area contributed by atoms with Crippen molar-refractivity contribution in [3.8, 4) is 0 Å². The summed E-state index contributed by atoms with van der Waals surface area (Å²) in [5.74, 6) is -0.653. The van der Waals surface area contributed by atoms with Crippen LogP contribution in [-0.2, 0) is 9.53 Å². The predicted molar refractivity (Wildman–Crippen MR) is 103 cm³/mol. The second-order valence-electron chi connectivity index (χ2n) is 7.81. The zero-order valence-electron chi connectivity index (χ0n) is 15.0. The van der Waals surface area contributed by atoms with E-state index in [1.165, 1.54) is 0 Å². The van der Waals surface area contributed by atoms with Crippen LogP contribution in [0.3, 0.4) is 0 Å². The van der Waals surface area contributed by atoms with Crippen molar-refractivity contribution < 1.29 is 14.3 Å². The van der Waals surface area contributed by atoms with Gasteiger partial charge in [0.15, 0.2) is 5.78 Å². The molecule has 1 aromatic rings. The van der Waals surface area contributed by atoms with Crippen molar-refractivity contribution in [2.45, 2.75) is 58.0 Å². The van der Waals surface area contributed by atoms with Crippen molar-refractivity contribution in [2.24, 2.45) is 11.8 Å². The monoisotopic (exact) mass is 410 g/mol. The van der Waals surface area contributed by atoms with Gasteiger partial charge in [-0.3, -0.25) is 9.59 Å². The Balaban J connectivity index is 2.13. The van der Waals surface area contributed by atoms with Gasteiger partial charge < -0.3 is 4.74 Å². The number of esters is 1. The molecule has 0 radical (unpaired) electrons. The summed E-state index contributed by atoms with van der Waals surface area (Å²) in [5.41, 5.74) is 0.650. The van der Waals surface area contributed by atoms with E-state index in [4.69, 9.17) is 4.74 Å². The summed E-state index contributed by atoms with van der Waals surface area (Å²) >= 11 is 3.39. The molecule has 5 heteroatoms. The third-order valence-corrected chi connectivity index (χ3v) is 8.13. The van der Waals surface area contributed by atoms with E-state index < -0.39 is 8.07 Å². The fourth-order valence-electron chi connectivity index (χ4n) is 2.99. The first-order valence-corrected chi connectivity index (χ1v) is 13.1. The van der Waals surface area contributed by atoms with Crippen LogP contribution in [-0.4, -0.2) is 25.6 Å². The van der Waals surface area contributed by atoms with Crippen LogP contribution in [0.1, 0.15) is 43.0 Å². The summed E-state index contributed by atoms with van der Waals surface area (Å²) < 4.78 is 6.70. The van der Waals surface area contributed by atoms with Gasteiger partial charge in [-0.1, -0.05) is 60.5 Å². The highest BCUT2D eigenvalue weighted by Gasteiger charge is 2.38. The molecule has 0 N–H and O–H groups in total. The number of carbonyl (C=O) groups excluding carboxylic acids is 2. The molecule has 0 bridgehead atoms. The molecule has 0 amide bonds. The van der Waals surface area contributed by atoms with Gasteiger partial charge in [0.1, 0.15) is 0 Å². The Hall–Kier alpha value is -0.943. The average molecular weight is 411 g/mol. The molecule has 0 heterocycles. The summed E-state index contributed by atoms with van der Waals surface area (Å²) in [4.78, 5) is 25.6. The largest absolute Gasteiger partial charge is 0.466 e. The molecule has 3 nitrogen and oxygen atoms in total. The van der Waals surface area contributed by atoms with E-state index in [0.29, 0.717) is 5.56 Å². The lowest BCUT2D eigenvalue weighted by Crippen LogP contribution is -2.42. The number of benzene rings is 1. The summed E-state index contributed by atoms with van der Waals surface area (Å²) in [5, 5.41) is 0. The lowest BCUT2D eigenvalue weighted by Gasteiger charge is -2.32. The van der Waals surface area contributed by atoms with Gasteiger partial charge in [-0.2, -0.15) is 0 Å². The number of Topliss-reactive ketones (excluding diaryl/α,β-unsaturated/α-hetero) is 1. The molecule has 1 aliphatic rings. The van der Waals surface area contributed by atoms with Crippen LogP contribution in [0.2, 0.25) is 19.6 Å². The summed E-state index contributed by atoms with van der Waals surface area (Å²) in [6.07, 6.45) is 3.52. The fraction of sp³-hybridized carbons (Fsp3) is 0.579. The van der Waals surface area contributed by atoms with Gasteiger partial charge >= 0.3 is 5.97 Å². The van der Waals surface area contributed by atoms with E-state index in [2.05, 4.69) is 35.6 Å². The molecule has 0 spiro atoms. The van der Waals surface area contributed by atoms with Gasteiger partial charge in [0.05, 0.1) is 19.7 Å². The minimum atomic E-state index is -1.54. The smallest absolute Gasteiger partial charge is 0.309 e. The molecule has 24 heavy (non-hydrogen) atoms. The normalized spacial score (nSPS) is 22.7. The Morgan fingerprint density at radius 3 is 2.17 bits per heavy atom. The number of carbonyl (C=O) groups is 2. The van der Waals surface area contributed by atoms with Gasteiger partial charge in [0.2, 0.25) is 0 Å². The van der Waals surface area contributed by atoms with Crippen LogP contribution >= 0.6 is 15.9 Å². The molecular weight excluding hydrogens is 384 g/mol. The average Bonchev–Trinajstić information content (AvgIpc) is 2.54. The minimum absolute atomic E-state index is 0.0321. The van der Waals surface area contributed by atoms with E-state index >= 15 is 0 Å². The summed E-state index contributed by atoms with van der Waals surface area (Å²) in [6.45, 7) is 8.56. The standard InChI is InChI=1S/C19H27BrO3Si/c1-13(24(2,3)4)23-19(22)17-8-6-5-7-16(17)18(21)14-9-11-15(20)12-10-14/h9-13,16-17H,5-8H2,1-4H3. The first-order chi connectivity index (χ1) is 11.2. The maximum absolute atomic E-state index is 12.9. The topological polar surface area (TPSA) is 43.4 Å². The third-order valence-electron chi connectivity index (χ3n) is 5.05. The second-order valence-corrected chi connectivity index (χ2v) is 14.3. The van der Waals surface area contributed by atoms with Gasteiger partial charge in [-0.05, 0) is 31.9 Å². The van der Waals surface area contributed by atoms with Crippen LogP contribution in [0.5, 0.6) is 0 Å². The van der Waals surface area contributed by atoms with Gasteiger partial charge in [-0.25, -0.2) is 0 Å². The van der Waals surface area contributed by atoms with Gasteiger partial charge in [-0.15, -0.1) is 0 Å². The van der Waals surface area contributed by atoms with Crippen LogP contribution < -0.4 is 0 Å². The van der Waals surface area contributed by atoms with E-state index in [1.54, 1.807) is 0 Å². The lowest BCUT2D eigenvalue weighted by atomic mass is 9.75. The second kappa shape index (κ2) is 7.96. The van der Waals surface area contributed by atoms with E-state index in [1.807, 2.05) is 31.2 Å². The van der Waals surface area contributed by atoms with Gasteiger partial charge in [0, 0.05) is 16.0 Å². The molecule has 3 atom stereocenters. The Labute approximate surface area is 154 Å². The minimum Gasteiger partial charge on any atom is -0.466 e. The van der Waals surface area contributed by atoms with Crippen molar-refractivity contribution >= 4 is 35.8 Å². The quantitative estimate of drug-likeness (QED) is 0.378. The molecule has 0 aliphatic heterocycles. The van der Waals surface area contributed by atoms with E-state index in [9.17, 15) is 9.59 Å². The highest BCUT2D eigenvalue weighted by Crippen LogP contribution is 2.34. The highest BCUT2D eigenvalue weighted by atomic mass is 79.9. The van der Waals surface area contributed by atoms with Crippen molar-refractivity contribution in [3.05, 3.63) is 34.3 Å². The Bertz CT molecular complexity index is 592. The summed E-state index contributed by atoms with van der Waals surface area (Å²) in [7, 11) is -1.54. The number of ether oxygens (including phenoxy) is 1. The molecule has 132 valence electrons. The molecule has 1 aromatic carbocycles. The summed E-state index contributed by atoms with van der Waals surface area (Å²) in [6, 6.07) is 7.40. The highest BCUT2D eigenvalue weighted by molar-refractivity contribution is 9.10. The van der Waals surface area contributed by atoms with Crippen molar-refractivity contribution in [1.82, 2.24) is 0 Å². The van der Waals surface area contributed by atoms with E-state index in [-0.39, 0.29) is 29.3 Å². The predicted octanol–water partition coefficient (Wildman–Crippen LogP) is 5.25. The molecule has 1 aliphatic carbocycles. The number of hydrogen-bond donors (Lipinski definition) is 0. The van der Waals surface area contributed by atoms with Crippen molar-refractivity contribution in [2.75, 3.05) is 0 Å². The van der Waals surface area contributed by atoms with Crippen LogP contribution in [0.15, 0.2) is 28.7 Å². The molecule has 0 saturated heterocycles. The molecular formula is C19H27BrO3Si. The number of ketones is 1. The van der Waals surface area contributed by atoms with E-state index in [0.717, 1.165) is 30.2 Å². The number of rotatable bonds is 5.